The fourth-order valence-corrected chi connectivity index (χ4v) is 9.25. The molecule has 0 spiro atoms. The average molecular weight is 936 g/mol. The number of carbonyl (C=O) groups excluding carboxylic acids is 1. The van der Waals surface area contributed by atoms with Crippen molar-refractivity contribution in [2.24, 2.45) is 0 Å². The molecule has 1 aliphatic rings. The molecule has 1 saturated heterocycles. The van der Waals surface area contributed by atoms with Crippen LogP contribution in [0.2, 0.25) is 0 Å². The Kier molecular flexibility index (Phi) is 45.0. The molecule has 390 valence electrons. The zero-order chi connectivity index (χ0) is 48.0. The van der Waals surface area contributed by atoms with E-state index in [1.807, 2.05) is 0 Å². The molecular weight excluding hydrogens is 827 g/mol. The molecule has 0 aromatic rings. The second-order valence-corrected chi connectivity index (χ2v) is 20.1. The summed E-state index contributed by atoms with van der Waals surface area (Å²) < 4.78 is 11.2. The third-order valence-corrected chi connectivity index (χ3v) is 13.8. The lowest BCUT2D eigenvalue weighted by atomic mass is 9.99. The molecule has 1 aliphatic heterocycles. The van der Waals surface area contributed by atoms with Gasteiger partial charge >= 0.3 is 0 Å². The van der Waals surface area contributed by atoms with E-state index in [-0.39, 0.29) is 12.5 Å². The third-order valence-electron chi connectivity index (χ3n) is 13.8. The number of carbonyl (C=O) groups is 1. The number of allylic oxidation sites excluding steroid dienone is 4. The van der Waals surface area contributed by atoms with E-state index in [9.17, 15) is 30.3 Å². The number of hydrogen-bond acceptors (Lipinski definition) is 8. The zero-order valence-corrected chi connectivity index (χ0v) is 43.2. The van der Waals surface area contributed by atoms with E-state index in [1.54, 1.807) is 0 Å². The van der Waals surface area contributed by atoms with Crippen molar-refractivity contribution in [2.75, 3.05) is 13.2 Å². The summed E-state index contributed by atoms with van der Waals surface area (Å²) in [6.07, 6.45) is 52.6. The summed E-state index contributed by atoms with van der Waals surface area (Å²) in [7, 11) is 0. The highest BCUT2D eigenvalue weighted by Crippen LogP contribution is 2.23. The first-order chi connectivity index (χ1) is 32.3. The molecule has 7 atom stereocenters. The standard InChI is InChI=1S/C57H109NO8/c1-3-5-7-9-11-13-14-15-16-17-18-19-20-21-22-23-24-25-26-27-28-29-30-31-32-33-34-35-36-37-38-39-41-43-45-47-53(61)58-50(51(60)46-44-42-40-12-10-8-6-4-2)49-65-57-56(64)55(63)54(62)52(48-59)66-57/h14-15,17-18,50-52,54-57,59-60,62-64H,3-13,16,19-49H2,1-2H3,(H,58,61)/b15-14-,18-17-. The summed E-state index contributed by atoms with van der Waals surface area (Å²) in [5, 5.41) is 54.3. The number of amides is 1. The Balaban J connectivity index is 2.01. The van der Waals surface area contributed by atoms with Crippen molar-refractivity contribution in [1.82, 2.24) is 5.32 Å². The van der Waals surface area contributed by atoms with E-state index < -0.39 is 49.5 Å². The van der Waals surface area contributed by atoms with Gasteiger partial charge < -0.3 is 40.3 Å². The number of unbranched alkanes of at least 4 members (excludes halogenated alkanes) is 35. The van der Waals surface area contributed by atoms with Crippen LogP contribution in [0.15, 0.2) is 24.3 Å². The molecule has 0 saturated carbocycles. The lowest BCUT2D eigenvalue weighted by Crippen LogP contribution is -2.60. The van der Waals surface area contributed by atoms with Crippen LogP contribution in [0.5, 0.6) is 0 Å². The highest BCUT2D eigenvalue weighted by molar-refractivity contribution is 5.76. The molecule has 0 aromatic carbocycles. The molecule has 1 heterocycles. The van der Waals surface area contributed by atoms with Crippen LogP contribution in [-0.2, 0) is 14.3 Å². The van der Waals surface area contributed by atoms with E-state index in [2.05, 4.69) is 43.5 Å². The first-order valence-corrected chi connectivity index (χ1v) is 28.5. The largest absolute Gasteiger partial charge is 0.394 e. The molecule has 7 unspecified atom stereocenters. The Hall–Kier alpha value is -1.33. The van der Waals surface area contributed by atoms with Crippen molar-refractivity contribution in [3.8, 4) is 0 Å². The number of aliphatic hydroxyl groups is 5. The van der Waals surface area contributed by atoms with Crippen molar-refractivity contribution in [3.05, 3.63) is 24.3 Å². The molecule has 1 rings (SSSR count). The van der Waals surface area contributed by atoms with Crippen LogP contribution in [0.25, 0.3) is 0 Å². The van der Waals surface area contributed by atoms with Crippen LogP contribution < -0.4 is 5.32 Å². The summed E-state index contributed by atoms with van der Waals surface area (Å²) in [6, 6.07) is -0.713. The van der Waals surface area contributed by atoms with Gasteiger partial charge in [0, 0.05) is 6.42 Å². The van der Waals surface area contributed by atoms with Gasteiger partial charge in [0.25, 0.3) is 0 Å². The number of rotatable bonds is 49. The van der Waals surface area contributed by atoms with Gasteiger partial charge in [-0.2, -0.15) is 0 Å². The fraction of sp³-hybridized carbons (Fsp3) is 0.912. The Morgan fingerprint density at radius 2 is 0.894 bits per heavy atom. The molecule has 0 aliphatic carbocycles. The van der Waals surface area contributed by atoms with E-state index >= 15 is 0 Å². The topological polar surface area (TPSA) is 149 Å². The van der Waals surface area contributed by atoms with E-state index in [4.69, 9.17) is 9.47 Å². The van der Waals surface area contributed by atoms with Crippen LogP contribution in [0.3, 0.4) is 0 Å². The van der Waals surface area contributed by atoms with Crippen LogP contribution >= 0.6 is 0 Å². The minimum Gasteiger partial charge on any atom is -0.394 e. The van der Waals surface area contributed by atoms with Crippen molar-refractivity contribution in [1.29, 1.82) is 0 Å². The zero-order valence-electron chi connectivity index (χ0n) is 43.2. The predicted molar refractivity (Wildman–Crippen MR) is 277 cm³/mol. The Morgan fingerprint density at radius 1 is 0.515 bits per heavy atom. The molecule has 1 amide bonds. The van der Waals surface area contributed by atoms with Gasteiger partial charge in [-0.1, -0.05) is 250 Å². The molecule has 0 aromatic heterocycles. The molecule has 9 nitrogen and oxygen atoms in total. The SMILES string of the molecule is CCCCCCC/C=C\C/C=C\CCCCCCCCCCCCCCCCCCCCCCCCCC(=O)NC(COC1OC(CO)C(O)C(O)C1O)C(O)CCCCCCCCCC. The maximum absolute atomic E-state index is 13.0. The van der Waals surface area contributed by atoms with Crippen molar-refractivity contribution in [2.45, 2.75) is 320 Å². The van der Waals surface area contributed by atoms with Crippen LogP contribution in [0, 0.1) is 0 Å². The monoisotopic (exact) mass is 936 g/mol. The van der Waals surface area contributed by atoms with E-state index in [1.165, 1.54) is 205 Å². The average Bonchev–Trinajstić information content (AvgIpc) is 3.32. The maximum Gasteiger partial charge on any atom is 0.220 e. The number of aliphatic hydroxyl groups excluding tert-OH is 5. The highest BCUT2D eigenvalue weighted by atomic mass is 16.7. The summed E-state index contributed by atoms with van der Waals surface area (Å²) in [6.45, 7) is 3.80. The molecule has 1 fully saturated rings. The van der Waals surface area contributed by atoms with Crippen LogP contribution in [0.4, 0.5) is 0 Å². The molecule has 66 heavy (non-hydrogen) atoms. The van der Waals surface area contributed by atoms with Gasteiger partial charge in [0.1, 0.15) is 24.4 Å². The fourth-order valence-electron chi connectivity index (χ4n) is 9.25. The molecule has 0 bridgehead atoms. The molecule has 0 radical (unpaired) electrons. The minimum absolute atomic E-state index is 0.135. The van der Waals surface area contributed by atoms with Crippen molar-refractivity contribution >= 4 is 5.91 Å². The molecule has 6 N–H and O–H groups in total. The van der Waals surface area contributed by atoms with Gasteiger partial charge in [-0.05, 0) is 44.9 Å². The number of nitrogens with one attached hydrogen (secondary N) is 1. The lowest BCUT2D eigenvalue weighted by molar-refractivity contribution is -0.302. The Bertz CT molecular complexity index is 1090. The van der Waals surface area contributed by atoms with Gasteiger partial charge in [0.2, 0.25) is 5.91 Å². The highest BCUT2D eigenvalue weighted by Gasteiger charge is 2.44. The van der Waals surface area contributed by atoms with Crippen molar-refractivity contribution < 1.29 is 39.8 Å². The first-order valence-electron chi connectivity index (χ1n) is 28.5. The normalized spacial score (nSPS) is 19.9. The van der Waals surface area contributed by atoms with Gasteiger partial charge in [0.05, 0.1) is 25.4 Å². The maximum atomic E-state index is 13.0. The summed E-state index contributed by atoms with van der Waals surface area (Å²) in [5.74, 6) is -0.143. The second kappa shape index (κ2) is 47.4. The minimum atomic E-state index is -1.55. The lowest BCUT2D eigenvalue weighted by Gasteiger charge is -2.40. The Labute approximate surface area is 407 Å². The quantitative estimate of drug-likeness (QED) is 0.0261. The smallest absolute Gasteiger partial charge is 0.220 e. The van der Waals surface area contributed by atoms with Crippen molar-refractivity contribution in [3.63, 3.8) is 0 Å². The first kappa shape index (κ1) is 62.7. The van der Waals surface area contributed by atoms with Gasteiger partial charge in [-0.15, -0.1) is 0 Å². The third kappa shape index (κ3) is 36.6. The van der Waals surface area contributed by atoms with Crippen LogP contribution in [-0.4, -0.2) is 87.5 Å². The predicted octanol–water partition coefficient (Wildman–Crippen LogP) is 13.8. The summed E-state index contributed by atoms with van der Waals surface area (Å²) in [5.41, 5.74) is 0. The number of ether oxygens (including phenoxy) is 2. The summed E-state index contributed by atoms with van der Waals surface area (Å²) in [4.78, 5) is 13.0. The van der Waals surface area contributed by atoms with Gasteiger partial charge in [-0.3, -0.25) is 4.79 Å². The van der Waals surface area contributed by atoms with Crippen LogP contribution in [0.1, 0.15) is 277 Å². The van der Waals surface area contributed by atoms with E-state index in [0.29, 0.717) is 12.8 Å². The van der Waals surface area contributed by atoms with Gasteiger partial charge in [-0.25, -0.2) is 0 Å². The number of hydrogen-bond donors (Lipinski definition) is 6. The second-order valence-electron chi connectivity index (χ2n) is 20.1. The molecular formula is C57H109NO8. The molecule has 9 heteroatoms. The van der Waals surface area contributed by atoms with E-state index in [0.717, 1.165) is 44.9 Å². The summed E-state index contributed by atoms with van der Waals surface area (Å²) >= 11 is 0. The van der Waals surface area contributed by atoms with Gasteiger partial charge in [0.15, 0.2) is 6.29 Å². The Morgan fingerprint density at radius 3 is 1.30 bits per heavy atom.